The number of hydrogen-bond acceptors (Lipinski definition) is 4. The molecule has 0 aliphatic heterocycles. The molecule has 0 saturated heterocycles. The van der Waals surface area contributed by atoms with Gasteiger partial charge in [0.2, 0.25) is 0 Å². The summed E-state index contributed by atoms with van der Waals surface area (Å²) in [5, 5.41) is 22.7. The van der Waals surface area contributed by atoms with Gasteiger partial charge < -0.3 is 5.32 Å². The molecule has 0 bridgehead atoms. The molecule has 0 amide bonds. The maximum Gasteiger partial charge on any atom is 0.289 e. The Hall–Kier alpha value is -2.46. The van der Waals surface area contributed by atoms with Gasteiger partial charge in [-0.3, -0.25) is 10.1 Å². The van der Waals surface area contributed by atoms with E-state index in [1.165, 1.54) is 18.2 Å². The summed E-state index contributed by atoms with van der Waals surface area (Å²) in [6.45, 7) is 1.72. The first-order valence-corrected chi connectivity index (χ1v) is 6.63. The Balaban J connectivity index is 2.41. The Labute approximate surface area is 128 Å². The average molecular weight is 350 g/mol. The first-order chi connectivity index (χ1) is 9.92. The van der Waals surface area contributed by atoms with Crippen LogP contribution in [0.25, 0.3) is 0 Å². The van der Waals surface area contributed by atoms with E-state index in [4.69, 9.17) is 5.26 Å². The molecule has 0 atom stereocenters. The summed E-state index contributed by atoms with van der Waals surface area (Å²) in [5.74, 6) is -0.385. The maximum absolute atomic E-state index is 13.4. The molecule has 0 saturated carbocycles. The van der Waals surface area contributed by atoms with E-state index in [0.717, 1.165) is 0 Å². The predicted octanol–water partition coefficient (Wildman–Crippen LogP) is 4.42. The SMILES string of the molecule is Cc1cc(F)c(Br)cc1Nc1ccc(C#N)c([N+](=O)[O-])c1. The van der Waals surface area contributed by atoms with Crippen molar-refractivity contribution in [3.8, 4) is 6.07 Å². The van der Waals surface area contributed by atoms with Gasteiger partial charge >= 0.3 is 0 Å². The molecule has 2 aromatic rings. The zero-order chi connectivity index (χ0) is 15.6. The molecule has 106 valence electrons. The van der Waals surface area contributed by atoms with Crippen LogP contribution in [0.5, 0.6) is 0 Å². The van der Waals surface area contributed by atoms with Gasteiger partial charge in [0.15, 0.2) is 0 Å². The quantitative estimate of drug-likeness (QED) is 0.656. The van der Waals surface area contributed by atoms with Crippen molar-refractivity contribution < 1.29 is 9.31 Å². The van der Waals surface area contributed by atoms with E-state index in [0.29, 0.717) is 21.4 Å². The molecule has 2 aromatic carbocycles. The Kier molecular flexibility index (Phi) is 4.19. The minimum absolute atomic E-state index is 0.0115. The van der Waals surface area contributed by atoms with E-state index < -0.39 is 4.92 Å². The van der Waals surface area contributed by atoms with E-state index >= 15 is 0 Å². The fourth-order valence-corrected chi connectivity index (χ4v) is 2.13. The molecule has 5 nitrogen and oxygen atoms in total. The largest absolute Gasteiger partial charge is 0.355 e. The van der Waals surface area contributed by atoms with Crippen LogP contribution < -0.4 is 5.32 Å². The van der Waals surface area contributed by atoms with Crippen LogP contribution >= 0.6 is 15.9 Å². The number of nitrogens with zero attached hydrogens (tertiary/aromatic N) is 2. The van der Waals surface area contributed by atoms with Gasteiger partial charge in [-0.1, -0.05) is 0 Å². The molecule has 0 heterocycles. The molecule has 0 spiro atoms. The summed E-state index contributed by atoms with van der Waals surface area (Å²) in [6, 6.07) is 8.87. The van der Waals surface area contributed by atoms with Crippen molar-refractivity contribution in [1.82, 2.24) is 0 Å². The Morgan fingerprint density at radius 3 is 2.71 bits per heavy atom. The Bertz CT molecular complexity index is 772. The third-order valence-corrected chi connectivity index (χ3v) is 3.47. The van der Waals surface area contributed by atoms with E-state index in [2.05, 4.69) is 21.2 Å². The predicted molar refractivity (Wildman–Crippen MR) is 79.9 cm³/mol. The molecule has 0 radical (unpaired) electrons. The van der Waals surface area contributed by atoms with Gasteiger partial charge in [-0.2, -0.15) is 5.26 Å². The number of benzene rings is 2. The first-order valence-electron chi connectivity index (χ1n) is 5.83. The van der Waals surface area contributed by atoms with Crippen molar-refractivity contribution in [1.29, 1.82) is 5.26 Å². The summed E-state index contributed by atoms with van der Waals surface area (Å²) < 4.78 is 13.7. The highest BCUT2D eigenvalue weighted by atomic mass is 79.9. The van der Waals surface area contributed by atoms with Gasteiger partial charge in [0.05, 0.1) is 9.40 Å². The van der Waals surface area contributed by atoms with Gasteiger partial charge in [-0.15, -0.1) is 0 Å². The molecular weight excluding hydrogens is 341 g/mol. The first kappa shape index (κ1) is 14.9. The van der Waals surface area contributed by atoms with Crippen LogP contribution in [0.4, 0.5) is 21.5 Å². The van der Waals surface area contributed by atoms with Gasteiger partial charge in [0.25, 0.3) is 5.69 Å². The molecule has 0 aliphatic carbocycles. The van der Waals surface area contributed by atoms with Crippen molar-refractivity contribution in [3.63, 3.8) is 0 Å². The summed E-state index contributed by atoms with van der Waals surface area (Å²) in [6.07, 6.45) is 0. The number of halogens is 2. The molecule has 0 fully saturated rings. The van der Waals surface area contributed by atoms with Gasteiger partial charge in [-0.05, 0) is 52.7 Å². The molecule has 0 aromatic heterocycles. The van der Waals surface area contributed by atoms with Crippen molar-refractivity contribution in [2.45, 2.75) is 6.92 Å². The maximum atomic E-state index is 13.4. The number of hydrogen-bond donors (Lipinski definition) is 1. The van der Waals surface area contributed by atoms with Crippen molar-refractivity contribution in [2.24, 2.45) is 0 Å². The van der Waals surface area contributed by atoms with E-state index in [9.17, 15) is 14.5 Å². The normalized spacial score (nSPS) is 10.0. The molecule has 2 rings (SSSR count). The third kappa shape index (κ3) is 3.17. The zero-order valence-electron chi connectivity index (χ0n) is 10.9. The second-order valence-corrected chi connectivity index (χ2v) is 5.16. The number of nitro benzene ring substituents is 1. The highest BCUT2D eigenvalue weighted by molar-refractivity contribution is 9.10. The summed E-state index contributed by atoms with van der Waals surface area (Å²) in [5.41, 5.74) is 1.43. The van der Waals surface area contributed by atoms with Gasteiger partial charge in [0.1, 0.15) is 17.4 Å². The number of anilines is 2. The monoisotopic (exact) mass is 349 g/mol. The second kappa shape index (κ2) is 5.89. The fraction of sp³-hybridized carbons (Fsp3) is 0.0714. The number of nitriles is 1. The summed E-state index contributed by atoms with van der Waals surface area (Å²) in [4.78, 5) is 10.3. The van der Waals surface area contributed by atoms with Crippen LogP contribution in [0.3, 0.4) is 0 Å². The smallest absolute Gasteiger partial charge is 0.289 e. The Morgan fingerprint density at radius 2 is 2.10 bits per heavy atom. The van der Waals surface area contributed by atoms with Crippen LogP contribution in [0.2, 0.25) is 0 Å². The van der Waals surface area contributed by atoms with Gasteiger partial charge in [-0.25, -0.2) is 4.39 Å². The fourth-order valence-electron chi connectivity index (χ4n) is 1.79. The van der Waals surface area contributed by atoms with Crippen molar-refractivity contribution >= 4 is 33.0 Å². The molecule has 21 heavy (non-hydrogen) atoms. The number of aryl methyl sites for hydroxylation is 1. The lowest BCUT2D eigenvalue weighted by Gasteiger charge is -2.11. The van der Waals surface area contributed by atoms with Crippen LogP contribution in [0.15, 0.2) is 34.8 Å². The lowest BCUT2D eigenvalue weighted by molar-refractivity contribution is -0.385. The van der Waals surface area contributed by atoms with E-state index in [1.807, 2.05) is 0 Å². The minimum atomic E-state index is -0.614. The summed E-state index contributed by atoms with van der Waals surface area (Å²) >= 11 is 3.09. The topological polar surface area (TPSA) is 79.0 Å². The average Bonchev–Trinajstić information content (AvgIpc) is 2.44. The standard InChI is InChI=1S/C14H9BrFN3O2/c1-8-4-12(16)11(15)6-13(8)18-10-3-2-9(7-17)14(5-10)19(20)21/h2-6,18H,1H3. The molecular formula is C14H9BrFN3O2. The highest BCUT2D eigenvalue weighted by Crippen LogP contribution is 2.29. The van der Waals surface area contributed by atoms with Crippen molar-refractivity contribution in [3.05, 3.63) is 61.9 Å². The number of rotatable bonds is 3. The molecule has 0 unspecified atom stereocenters. The molecule has 1 N–H and O–H groups in total. The van der Waals surface area contributed by atoms with Crippen LogP contribution in [0.1, 0.15) is 11.1 Å². The van der Waals surface area contributed by atoms with Crippen LogP contribution in [-0.2, 0) is 0 Å². The minimum Gasteiger partial charge on any atom is -0.355 e. The number of nitro groups is 1. The molecule has 0 aliphatic rings. The van der Waals surface area contributed by atoms with Crippen LogP contribution in [0, 0.1) is 34.2 Å². The summed E-state index contributed by atoms with van der Waals surface area (Å²) in [7, 11) is 0. The lowest BCUT2D eigenvalue weighted by atomic mass is 10.1. The van der Waals surface area contributed by atoms with Crippen LogP contribution in [-0.4, -0.2) is 4.92 Å². The van der Waals surface area contributed by atoms with Crippen molar-refractivity contribution in [2.75, 3.05) is 5.32 Å². The molecule has 7 heteroatoms. The van der Waals surface area contributed by atoms with E-state index in [-0.39, 0.29) is 17.1 Å². The number of nitrogens with one attached hydrogen (secondary N) is 1. The zero-order valence-corrected chi connectivity index (χ0v) is 12.4. The van der Waals surface area contributed by atoms with Gasteiger partial charge in [0, 0.05) is 17.4 Å². The van der Waals surface area contributed by atoms with E-state index in [1.54, 1.807) is 25.1 Å². The third-order valence-electron chi connectivity index (χ3n) is 2.86. The lowest BCUT2D eigenvalue weighted by Crippen LogP contribution is -1.98. The highest BCUT2D eigenvalue weighted by Gasteiger charge is 2.15. The second-order valence-electron chi connectivity index (χ2n) is 4.31. The Morgan fingerprint density at radius 1 is 1.38 bits per heavy atom.